The van der Waals surface area contributed by atoms with E-state index in [0.29, 0.717) is 30.4 Å². The van der Waals surface area contributed by atoms with Gasteiger partial charge in [-0.1, -0.05) is 0 Å². The second-order valence-corrected chi connectivity index (χ2v) is 4.45. The summed E-state index contributed by atoms with van der Waals surface area (Å²) in [5, 5.41) is 11.4. The average Bonchev–Trinajstić information content (AvgIpc) is 3.00. The molecule has 0 bridgehead atoms. The minimum absolute atomic E-state index is 0.105. The van der Waals surface area contributed by atoms with Crippen molar-refractivity contribution < 1.29 is 28.6 Å². The third kappa shape index (κ3) is 4.03. The quantitative estimate of drug-likeness (QED) is 0.814. The van der Waals surface area contributed by atoms with E-state index in [0.717, 1.165) is 0 Å². The summed E-state index contributed by atoms with van der Waals surface area (Å²) in [6.07, 6.45) is 0. The van der Waals surface area contributed by atoms with Crippen LogP contribution in [0.25, 0.3) is 0 Å². The standard InChI is InChI=1S/C16H17NO6/c1-3-21-10-5-6-12(22-4-2)11(9-10)17-15(18)13-7-8-14(23-13)16(19)20/h5-9H,3-4H2,1-2H3,(H,17,18)(H,19,20). The van der Waals surface area contributed by atoms with Crippen molar-refractivity contribution in [1.29, 1.82) is 0 Å². The molecule has 0 saturated heterocycles. The number of ether oxygens (including phenoxy) is 2. The molecular formula is C16H17NO6. The van der Waals surface area contributed by atoms with Crippen molar-refractivity contribution in [3.05, 3.63) is 41.9 Å². The Kier molecular flexibility index (Phi) is 5.24. The fourth-order valence-electron chi connectivity index (χ4n) is 1.90. The minimum Gasteiger partial charge on any atom is -0.494 e. The number of rotatable bonds is 7. The van der Waals surface area contributed by atoms with E-state index in [-0.39, 0.29) is 11.5 Å². The number of carbonyl (C=O) groups is 2. The molecule has 1 heterocycles. The summed E-state index contributed by atoms with van der Waals surface area (Å²) < 4.78 is 15.8. The maximum Gasteiger partial charge on any atom is 0.371 e. The van der Waals surface area contributed by atoms with Crippen molar-refractivity contribution in [2.75, 3.05) is 18.5 Å². The molecule has 1 amide bonds. The highest BCUT2D eigenvalue weighted by Crippen LogP contribution is 2.30. The number of aromatic carboxylic acids is 1. The van der Waals surface area contributed by atoms with Gasteiger partial charge in [-0.3, -0.25) is 4.79 Å². The summed E-state index contributed by atoms with van der Waals surface area (Å²) >= 11 is 0. The average molecular weight is 319 g/mol. The van der Waals surface area contributed by atoms with Gasteiger partial charge in [-0.2, -0.15) is 0 Å². The summed E-state index contributed by atoms with van der Waals surface area (Å²) in [5.41, 5.74) is 0.413. The Balaban J connectivity index is 2.23. The molecule has 1 aromatic carbocycles. The van der Waals surface area contributed by atoms with Gasteiger partial charge >= 0.3 is 5.97 Å². The van der Waals surface area contributed by atoms with Gasteiger partial charge in [0.05, 0.1) is 18.9 Å². The van der Waals surface area contributed by atoms with Crippen LogP contribution in [0.15, 0.2) is 34.7 Å². The Bertz CT molecular complexity index is 706. The molecule has 23 heavy (non-hydrogen) atoms. The van der Waals surface area contributed by atoms with E-state index in [9.17, 15) is 9.59 Å². The smallest absolute Gasteiger partial charge is 0.371 e. The van der Waals surface area contributed by atoms with Crippen LogP contribution in [0, 0.1) is 0 Å². The third-order valence-electron chi connectivity index (χ3n) is 2.85. The van der Waals surface area contributed by atoms with Crippen LogP contribution >= 0.6 is 0 Å². The lowest BCUT2D eigenvalue weighted by atomic mass is 10.2. The normalized spacial score (nSPS) is 10.2. The number of hydrogen-bond acceptors (Lipinski definition) is 5. The number of hydrogen-bond donors (Lipinski definition) is 2. The summed E-state index contributed by atoms with van der Waals surface area (Å²) in [5.74, 6) is -1.16. The van der Waals surface area contributed by atoms with Crippen LogP contribution in [0.2, 0.25) is 0 Å². The van der Waals surface area contributed by atoms with Crippen molar-refractivity contribution in [1.82, 2.24) is 0 Å². The molecule has 2 N–H and O–H groups in total. The number of nitrogens with one attached hydrogen (secondary N) is 1. The van der Waals surface area contributed by atoms with Gasteiger partial charge in [0.15, 0.2) is 5.76 Å². The van der Waals surface area contributed by atoms with Crippen LogP contribution in [0.3, 0.4) is 0 Å². The molecular weight excluding hydrogens is 302 g/mol. The molecule has 0 radical (unpaired) electrons. The largest absolute Gasteiger partial charge is 0.494 e. The van der Waals surface area contributed by atoms with Crippen LogP contribution in [0.1, 0.15) is 35.0 Å². The van der Waals surface area contributed by atoms with Crippen LogP contribution in [-0.2, 0) is 0 Å². The van der Waals surface area contributed by atoms with Crippen molar-refractivity contribution in [3.63, 3.8) is 0 Å². The topological polar surface area (TPSA) is 98.0 Å². The van der Waals surface area contributed by atoms with Gasteiger partial charge in [0.25, 0.3) is 5.91 Å². The molecule has 122 valence electrons. The molecule has 7 heteroatoms. The van der Waals surface area contributed by atoms with E-state index in [1.807, 2.05) is 13.8 Å². The molecule has 0 aliphatic heterocycles. The molecule has 0 unspecified atom stereocenters. The van der Waals surface area contributed by atoms with E-state index >= 15 is 0 Å². The van der Waals surface area contributed by atoms with Gasteiger partial charge in [-0.05, 0) is 38.1 Å². The van der Waals surface area contributed by atoms with Crippen molar-refractivity contribution >= 4 is 17.6 Å². The summed E-state index contributed by atoms with van der Waals surface area (Å²) in [6.45, 7) is 4.60. The molecule has 7 nitrogen and oxygen atoms in total. The van der Waals surface area contributed by atoms with E-state index < -0.39 is 11.9 Å². The summed E-state index contributed by atoms with van der Waals surface area (Å²) in [6, 6.07) is 7.57. The summed E-state index contributed by atoms with van der Waals surface area (Å²) in [4.78, 5) is 23.0. The Morgan fingerprint density at radius 2 is 1.78 bits per heavy atom. The highest BCUT2D eigenvalue weighted by molar-refractivity contribution is 6.03. The Morgan fingerprint density at radius 3 is 2.39 bits per heavy atom. The van der Waals surface area contributed by atoms with E-state index in [4.69, 9.17) is 19.0 Å². The van der Waals surface area contributed by atoms with Gasteiger partial charge in [0.1, 0.15) is 11.5 Å². The predicted molar refractivity (Wildman–Crippen MR) is 82.4 cm³/mol. The molecule has 1 aromatic heterocycles. The number of carboxylic acid groups (broad SMARTS) is 1. The first kappa shape index (κ1) is 16.4. The van der Waals surface area contributed by atoms with Crippen LogP contribution in [-0.4, -0.2) is 30.2 Å². The van der Waals surface area contributed by atoms with Crippen molar-refractivity contribution in [3.8, 4) is 11.5 Å². The Hall–Kier alpha value is -2.96. The van der Waals surface area contributed by atoms with Crippen LogP contribution in [0.5, 0.6) is 11.5 Å². The second kappa shape index (κ2) is 7.35. The Morgan fingerprint density at radius 1 is 1.09 bits per heavy atom. The van der Waals surface area contributed by atoms with Gasteiger partial charge < -0.3 is 24.3 Å². The third-order valence-corrected chi connectivity index (χ3v) is 2.85. The predicted octanol–water partition coefficient (Wildman–Crippen LogP) is 3.03. The van der Waals surface area contributed by atoms with E-state index in [1.54, 1.807) is 18.2 Å². The number of carboxylic acids is 1. The molecule has 2 aromatic rings. The number of furan rings is 1. The summed E-state index contributed by atoms with van der Waals surface area (Å²) in [7, 11) is 0. The van der Waals surface area contributed by atoms with E-state index in [2.05, 4.69) is 5.32 Å². The van der Waals surface area contributed by atoms with E-state index in [1.165, 1.54) is 12.1 Å². The fraction of sp³-hybridized carbons (Fsp3) is 0.250. The minimum atomic E-state index is -1.24. The highest BCUT2D eigenvalue weighted by atomic mass is 16.5. The lowest BCUT2D eigenvalue weighted by Crippen LogP contribution is -2.12. The monoisotopic (exact) mass is 319 g/mol. The van der Waals surface area contributed by atoms with Gasteiger partial charge in [0, 0.05) is 6.07 Å². The molecule has 0 atom stereocenters. The first-order valence-corrected chi connectivity index (χ1v) is 7.09. The molecule has 0 saturated carbocycles. The fourth-order valence-corrected chi connectivity index (χ4v) is 1.90. The second-order valence-electron chi connectivity index (χ2n) is 4.45. The van der Waals surface area contributed by atoms with Crippen LogP contribution in [0.4, 0.5) is 5.69 Å². The maximum absolute atomic E-state index is 12.2. The zero-order valence-corrected chi connectivity index (χ0v) is 12.8. The number of benzene rings is 1. The molecule has 0 aliphatic rings. The number of anilines is 1. The Labute approximate surface area is 132 Å². The highest BCUT2D eigenvalue weighted by Gasteiger charge is 2.17. The van der Waals surface area contributed by atoms with Gasteiger partial charge in [-0.15, -0.1) is 0 Å². The van der Waals surface area contributed by atoms with Gasteiger partial charge in [0.2, 0.25) is 5.76 Å². The molecule has 2 rings (SSSR count). The molecule has 0 fully saturated rings. The first-order valence-electron chi connectivity index (χ1n) is 7.09. The number of carbonyl (C=O) groups excluding carboxylic acids is 1. The number of amides is 1. The maximum atomic E-state index is 12.2. The van der Waals surface area contributed by atoms with Gasteiger partial charge in [-0.25, -0.2) is 4.79 Å². The zero-order chi connectivity index (χ0) is 16.8. The van der Waals surface area contributed by atoms with Crippen molar-refractivity contribution in [2.45, 2.75) is 13.8 Å². The molecule has 0 spiro atoms. The molecule has 0 aliphatic carbocycles. The van der Waals surface area contributed by atoms with Crippen LogP contribution < -0.4 is 14.8 Å². The first-order chi connectivity index (χ1) is 11.0. The zero-order valence-electron chi connectivity index (χ0n) is 12.8. The SMILES string of the molecule is CCOc1ccc(OCC)c(NC(=O)c2ccc(C(=O)O)o2)c1. The lowest BCUT2D eigenvalue weighted by molar-refractivity contribution is 0.0660. The lowest BCUT2D eigenvalue weighted by Gasteiger charge is -2.13. The van der Waals surface area contributed by atoms with Crippen molar-refractivity contribution in [2.24, 2.45) is 0 Å².